The zero-order valence-corrected chi connectivity index (χ0v) is 14.3. The van der Waals surface area contributed by atoms with Gasteiger partial charge in [0.15, 0.2) is 4.67 Å². The molecule has 0 aliphatic rings. The summed E-state index contributed by atoms with van der Waals surface area (Å²) in [6, 6.07) is 8.31. The van der Waals surface area contributed by atoms with Crippen molar-refractivity contribution in [1.29, 1.82) is 0 Å². The lowest BCUT2D eigenvalue weighted by Gasteiger charge is -2.04. The molecule has 0 amide bonds. The van der Waals surface area contributed by atoms with Crippen molar-refractivity contribution < 1.29 is 12.8 Å². The van der Waals surface area contributed by atoms with Crippen molar-refractivity contribution in [2.75, 3.05) is 0 Å². The van der Waals surface area contributed by atoms with Gasteiger partial charge in [-0.1, -0.05) is 12.1 Å². The number of benzene rings is 1. The van der Waals surface area contributed by atoms with E-state index >= 15 is 0 Å². The van der Waals surface area contributed by atoms with Crippen LogP contribution in [0.15, 0.2) is 48.8 Å². The van der Waals surface area contributed by atoms with Gasteiger partial charge in [0.25, 0.3) is 0 Å². The molecular formula is C12H12Br2N2O3S. The van der Waals surface area contributed by atoms with E-state index in [9.17, 15) is 8.42 Å². The number of nitrogens with two attached hydrogens (primary N) is 1. The van der Waals surface area contributed by atoms with Gasteiger partial charge < -0.3 is 9.73 Å². The van der Waals surface area contributed by atoms with Crippen LogP contribution in [0.2, 0.25) is 0 Å². The molecule has 0 bridgehead atoms. The highest BCUT2D eigenvalue weighted by atomic mass is 79.9. The Morgan fingerprint density at radius 2 is 1.80 bits per heavy atom. The lowest BCUT2D eigenvalue weighted by Crippen LogP contribution is -2.14. The summed E-state index contributed by atoms with van der Waals surface area (Å²) in [5.74, 6) is 0.796. The molecule has 0 aliphatic heterocycles. The van der Waals surface area contributed by atoms with Gasteiger partial charge in [0.05, 0.1) is 15.9 Å². The minimum Gasteiger partial charge on any atom is -0.452 e. The molecule has 2 rings (SSSR count). The third-order valence-corrected chi connectivity index (χ3v) is 5.22. The third-order valence-electron chi connectivity index (χ3n) is 2.58. The molecule has 5 nitrogen and oxygen atoms in total. The SMILES string of the molecule is NS(=O)(=O)c1ccc(CNCc2cc(Br)c(Br)o2)cc1. The van der Waals surface area contributed by atoms with Gasteiger partial charge in [-0.3, -0.25) is 0 Å². The molecule has 3 N–H and O–H groups in total. The molecular weight excluding hydrogens is 412 g/mol. The molecule has 1 heterocycles. The fourth-order valence-electron chi connectivity index (χ4n) is 1.61. The molecule has 0 saturated carbocycles. The summed E-state index contributed by atoms with van der Waals surface area (Å²) in [5, 5.41) is 8.24. The summed E-state index contributed by atoms with van der Waals surface area (Å²) in [4.78, 5) is 0.111. The van der Waals surface area contributed by atoms with Gasteiger partial charge in [0.1, 0.15) is 5.76 Å². The molecule has 1 aromatic carbocycles. The number of furan rings is 1. The van der Waals surface area contributed by atoms with Crippen molar-refractivity contribution in [2.24, 2.45) is 5.14 Å². The lowest BCUT2D eigenvalue weighted by atomic mass is 10.2. The van der Waals surface area contributed by atoms with E-state index in [0.29, 0.717) is 17.8 Å². The van der Waals surface area contributed by atoms with E-state index in [1.54, 1.807) is 12.1 Å². The first-order valence-electron chi connectivity index (χ1n) is 5.62. The van der Waals surface area contributed by atoms with Gasteiger partial charge >= 0.3 is 0 Å². The van der Waals surface area contributed by atoms with Gasteiger partial charge in [0, 0.05) is 6.54 Å². The van der Waals surface area contributed by atoms with Crippen LogP contribution in [-0.2, 0) is 23.1 Å². The van der Waals surface area contributed by atoms with Gasteiger partial charge in [0.2, 0.25) is 10.0 Å². The van der Waals surface area contributed by atoms with Crippen LogP contribution < -0.4 is 10.5 Å². The molecule has 0 radical (unpaired) electrons. The summed E-state index contributed by atoms with van der Waals surface area (Å²) in [6.45, 7) is 1.17. The van der Waals surface area contributed by atoms with Gasteiger partial charge in [-0.25, -0.2) is 13.6 Å². The average molecular weight is 424 g/mol. The minimum atomic E-state index is -3.63. The van der Waals surface area contributed by atoms with E-state index < -0.39 is 10.0 Å². The van der Waals surface area contributed by atoms with E-state index in [4.69, 9.17) is 9.56 Å². The third kappa shape index (κ3) is 4.16. The second-order valence-corrected chi connectivity index (χ2v) is 7.26. The molecule has 0 saturated heterocycles. The molecule has 0 fully saturated rings. The normalized spacial score (nSPS) is 11.8. The number of hydrogen-bond acceptors (Lipinski definition) is 4. The maximum atomic E-state index is 11.1. The highest BCUT2D eigenvalue weighted by molar-refractivity contribution is 9.13. The molecule has 1 aromatic heterocycles. The van der Waals surface area contributed by atoms with Crippen LogP contribution in [0.3, 0.4) is 0 Å². The quantitative estimate of drug-likeness (QED) is 0.774. The van der Waals surface area contributed by atoms with E-state index in [1.807, 2.05) is 6.07 Å². The van der Waals surface area contributed by atoms with Crippen molar-refractivity contribution in [2.45, 2.75) is 18.0 Å². The average Bonchev–Trinajstić information content (AvgIpc) is 2.68. The fraction of sp³-hybridized carbons (Fsp3) is 0.167. The van der Waals surface area contributed by atoms with Gasteiger partial charge in [-0.05, 0) is 55.6 Å². The van der Waals surface area contributed by atoms with Crippen LogP contribution >= 0.6 is 31.9 Å². The first-order chi connectivity index (χ1) is 9.36. The fourth-order valence-corrected chi connectivity index (χ4v) is 2.78. The summed E-state index contributed by atoms with van der Waals surface area (Å²) in [5.41, 5.74) is 0.960. The first kappa shape index (κ1) is 15.7. The Morgan fingerprint density at radius 3 is 2.30 bits per heavy atom. The highest BCUT2D eigenvalue weighted by Crippen LogP contribution is 2.26. The van der Waals surface area contributed by atoms with Crippen molar-refractivity contribution in [3.05, 3.63) is 50.8 Å². The Hall–Kier alpha value is -0.670. The number of halogens is 2. The number of hydrogen-bond donors (Lipinski definition) is 2. The molecule has 0 unspecified atom stereocenters. The van der Waals surface area contributed by atoms with Crippen LogP contribution in [-0.4, -0.2) is 8.42 Å². The molecule has 108 valence electrons. The lowest BCUT2D eigenvalue weighted by molar-refractivity contribution is 0.464. The summed E-state index contributed by atoms with van der Waals surface area (Å²) >= 11 is 6.61. The number of nitrogens with one attached hydrogen (secondary N) is 1. The van der Waals surface area contributed by atoms with E-state index in [1.165, 1.54) is 12.1 Å². The molecule has 2 aromatic rings. The Balaban J connectivity index is 1.91. The standard InChI is InChI=1S/C12H12Br2N2O3S/c13-11-5-9(19-12(11)14)7-16-6-8-1-3-10(4-2-8)20(15,17)18/h1-5,16H,6-7H2,(H2,15,17,18). The summed E-state index contributed by atoms with van der Waals surface area (Å²) in [6.07, 6.45) is 0. The molecule has 0 atom stereocenters. The van der Waals surface area contributed by atoms with Crippen LogP contribution in [0.1, 0.15) is 11.3 Å². The summed E-state index contributed by atoms with van der Waals surface area (Å²) < 4.78 is 29.2. The Bertz CT molecular complexity index is 676. The van der Waals surface area contributed by atoms with Gasteiger partial charge in [-0.2, -0.15) is 0 Å². The van der Waals surface area contributed by atoms with Crippen molar-refractivity contribution >= 4 is 41.9 Å². The number of primary sulfonamides is 1. The first-order valence-corrected chi connectivity index (χ1v) is 8.75. The maximum Gasteiger partial charge on any atom is 0.238 e. The van der Waals surface area contributed by atoms with Crippen LogP contribution in [0.25, 0.3) is 0 Å². The largest absolute Gasteiger partial charge is 0.452 e. The van der Waals surface area contributed by atoms with Crippen molar-refractivity contribution in [3.8, 4) is 0 Å². The zero-order chi connectivity index (χ0) is 14.8. The molecule has 0 aliphatic carbocycles. The highest BCUT2D eigenvalue weighted by Gasteiger charge is 2.07. The Kier molecular flexibility index (Phi) is 5.03. The predicted octanol–water partition coefficient (Wildman–Crippen LogP) is 2.74. The predicted molar refractivity (Wildman–Crippen MR) is 82.5 cm³/mol. The zero-order valence-electron chi connectivity index (χ0n) is 10.3. The number of rotatable bonds is 5. The molecule has 0 spiro atoms. The van der Waals surface area contributed by atoms with Crippen LogP contribution in [0.4, 0.5) is 0 Å². The van der Waals surface area contributed by atoms with E-state index in [-0.39, 0.29) is 4.90 Å². The molecule has 8 heteroatoms. The van der Waals surface area contributed by atoms with Crippen molar-refractivity contribution in [3.63, 3.8) is 0 Å². The topological polar surface area (TPSA) is 85.3 Å². The maximum absolute atomic E-state index is 11.1. The van der Waals surface area contributed by atoms with Crippen LogP contribution in [0.5, 0.6) is 0 Å². The minimum absolute atomic E-state index is 0.111. The van der Waals surface area contributed by atoms with E-state index in [0.717, 1.165) is 15.8 Å². The number of sulfonamides is 1. The second-order valence-electron chi connectivity index (χ2n) is 4.13. The van der Waals surface area contributed by atoms with Gasteiger partial charge in [-0.15, -0.1) is 0 Å². The Morgan fingerprint density at radius 1 is 1.15 bits per heavy atom. The van der Waals surface area contributed by atoms with Crippen molar-refractivity contribution in [1.82, 2.24) is 5.32 Å². The van der Waals surface area contributed by atoms with Crippen LogP contribution in [0, 0.1) is 0 Å². The Labute approximate surface area is 133 Å². The monoisotopic (exact) mass is 422 g/mol. The van der Waals surface area contributed by atoms with E-state index in [2.05, 4.69) is 37.2 Å². The smallest absolute Gasteiger partial charge is 0.238 e. The summed E-state index contributed by atoms with van der Waals surface area (Å²) in [7, 11) is -3.63. The molecule has 20 heavy (non-hydrogen) atoms. The second kappa shape index (κ2) is 6.40.